The largest absolute Gasteiger partial charge is 0.313 e. The van der Waals surface area contributed by atoms with Gasteiger partial charge in [0.2, 0.25) is 0 Å². The topological polar surface area (TPSA) is 12.0 Å². The van der Waals surface area contributed by atoms with Crippen molar-refractivity contribution < 1.29 is 0 Å². The summed E-state index contributed by atoms with van der Waals surface area (Å²) in [4.78, 5) is 1.42. The van der Waals surface area contributed by atoms with Gasteiger partial charge in [-0.3, -0.25) is 0 Å². The number of hydrogen-bond donors (Lipinski definition) is 1. The summed E-state index contributed by atoms with van der Waals surface area (Å²) in [6, 6.07) is 9.38. The standard InChI is InChI=1S/C14H21NS/c1-11(15-2)13-7-4-8-14(9-13)16-10-12-5-3-6-12/h4,7-9,11-12,15H,3,5-6,10H2,1-2H3. The average molecular weight is 235 g/mol. The van der Waals surface area contributed by atoms with Crippen LogP contribution in [0.5, 0.6) is 0 Å². The van der Waals surface area contributed by atoms with Crippen LogP contribution >= 0.6 is 11.8 Å². The van der Waals surface area contributed by atoms with Crippen molar-refractivity contribution in [2.24, 2.45) is 5.92 Å². The van der Waals surface area contributed by atoms with E-state index in [9.17, 15) is 0 Å². The minimum atomic E-state index is 0.448. The second-order valence-corrected chi connectivity index (χ2v) is 5.78. The van der Waals surface area contributed by atoms with Gasteiger partial charge < -0.3 is 5.32 Å². The Kier molecular flexibility index (Phi) is 4.30. The third-order valence-electron chi connectivity index (χ3n) is 3.50. The monoisotopic (exact) mass is 235 g/mol. The van der Waals surface area contributed by atoms with E-state index in [1.165, 1.54) is 35.5 Å². The molecule has 2 heteroatoms. The minimum absolute atomic E-state index is 0.448. The SMILES string of the molecule is CNC(C)c1cccc(SCC2CCC2)c1. The van der Waals surface area contributed by atoms with Gasteiger partial charge in [0.15, 0.2) is 0 Å². The zero-order valence-corrected chi connectivity index (χ0v) is 11.0. The molecule has 0 amide bonds. The first kappa shape index (κ1) is 12.0. The van der Waals surface area contributed by atoms with Crippen LogP contribution in [0.4, 0.5) is 0 Å². The molecule has 0 saturated heterocycles. The Morgan fingerprint density at radius 3 is 2.88 bits per heavy atom. The summed E-state index contributed by atoms with van der Waals surface area (Å²) < 4.78 is 0. The smallest absolute Gasteiger partial charge is 0.0289 e. The molecule has 1 unspecified atom stereocenters. The maximum absolute atomic E-state index is 3.29. The van der Waals surface area contributed by atoms with Crippen molar-refractivity contribution in [1.29, 1.82) is 0 Å². The maximum Gasteiger partial charge on any atom is 0.0289 e. The summed E-state index contributed by atoms with van der Waals surface area (Å²) in [5, 5.41) is 3.29. The number of nitrogens with one attached hydrogen (secondary N) is 1. The van der Waals surface area contributed by atoms with Gasteiger partial charge in [-0.2, -0.15) is 0 Å². The van der Waals surface area contributed by atoms with E-state index in [0.29, 0.717) is 6.04 Å². The Bertz CT molecular complexity index is 333. The van der Waals surface area contributed by atoms with Crippen LogP contribution in [0.1, 0.15) is 37.8 Å². The third-order valence-corrected chi connectivity index (χ3v) is 4.73. The molecular weight excluding hydrogens is 214 g/mol. The molecule has 0 bridgehead atoms. The van der Waals surface area contributed by atoms with Crippen molar-refractivity contribution in [2.75, 3.05) is 12.8 Å². The molecule has 1 aromatic rings. The fourth-order valence-corrected chi connectivity index (χ4v) is 3.07. The number of rotatable bonds is 5. The highest BCUT2D eigenvalue weighted by molar-refractivity contribution is 7.99. The van der Waals surface area contributed by atoms with Crippen LogP contribution in [0.15, 0.2) is 29.2 Å². The van der Waals surface area contributed by atoms with Crippen molar-refractivity contribution in [1.82, 2.24) is 5.32 Å². The molecule has 0 aliphatic heterocycles. The van der Waals surface area contributed by atoms with Crippen molar-refractivity contribution in [3.63, 3.8) is 0 Å². The fourth-order valence-electron chi connectivity index (χ4n) is 1.91. The highest BCUT2D eigenvalue weighted by Crippen LogP contribution is 2.33. The first-order valence-corrected chi connectivity index (χ1v) is 7.18. The Labute approximate surface area is 103 Å². The van der Waals surface area contributed by atoms with Gasteiger partial charge in [0, 0.05) is 16.7 Å². The van der Waals surface area contributed by atoms with Crippen molar-refractivity contribution in [2.45, 2.75) is 37.1 Å². The Hall–Kier alpha value is -0.470. The third kappa shape index (κ3) is 3.02. The summed E-state index contributed by atoms with van der Waals surface area (Å²) in [7, 11) is 2.01. The molecular formula is C14H21NS. The summed E-state index contributed by atoms with van der Waals surface area (Å²) in [6.45, 7) is 2.20. The van der Waals surface area contributed by atoms with Crippen LogP contribution in [0, 0.1) is 5.92 Å². The summed E-state index contributed by atoms with van der Waals surface area (Å²) in [5.74, 6) is 2.28. The molecule has 2 rings (SSSR count). The van der Waals surface area contributed by atoms with Gasteiger partial charge in [0.1, 0.15) is 0 Å². The first-order chi connectivity index (χ1) is 7.79. The first-order valence-electron chi connectivity index (χ1n) is 6.19. The Balaban J connectivity index is 1.92. The van der Waals surface area contributed by atoms with Crippen LogP contribution in [0.2, 0.25) is 0 Å². The van der Waals surface area contributed by atoms with Crippen LogP contribution in [-0.2, 0) is 0 Å². The number of hydrogen-bond acceptors (Lipinski definition) is 2. The second-order valence-electron chi connectivity index (χ2n) is 4.69. The van der Waals surface area contributed by atoms with Gasteiger partial charge in [-0.1, -0.05) is 18.6 Å². The van der Waals surface area contributed by atoms with Gasteiger partial charge in [0.05, 0.1) is 0 Å². The molecule has 1 saturated carbocycles. The van der Waals surface area contributed by atoms with E-state index in [-0.39, 0.29) is 0 Å². The van der Waals surface area contributed by atoms with Gasteiger partial charge in [-0.25, -0.2) is 0 Å². The highest BCUT2D eigenvalue weighted by atomic mass is 32.2. The van der Waals surface area contributed by atoms with E-state index < -0.39 is 0 Å². The van der Waals surface area contributed by atoms with Crippen molar-refractivity contribution in [3.8, 4) is 0 Å². The molecule has 88 valence electrons. The molecule has 1 aliphatic carbocycles. The van der Waals surface area contributed by atoms with Crippen molar-refractivity contribution >= 4 is 11.8 Å². The van der Waals surface area contributed by atoms with Gasteiger partial charge in [0.25, 0.3) is 0 Å². The van der Waals surface area contributed by atoms with Crippen LogP contribution in [-0.4, -0.2) is 12.8 Å². The molecule has 16 heavy (non-hydrogen) atoms. The average Bonchev–Trinajstić information content (AvgIpc) is 2.26. The van der Waals surface area contributed by atoms with Gasteiger partial charge in [-0.05, 0) is 50.4 Å². The number of thioether (sulfide) groups is 1. The van der Waals surface area contributed by atoms with E-state index in [4.69, 9.17) is 0 Å². The van der Waals surface area contributed by atoms with E-state index in [1.807, 2.05) is 18.8 Å². The Morgan fingerprint density at radius 1 is 1.44 bits per heavy atom. The lowest BCUT2D eigenvalue weighted by Crippen LogP contribution is -2.13. The second kappa shape index (κ2) is 5.74. The van der Waals surface area contributed by atoms with Crippen molar-refractivity contribution in [3.05, 3.63) is 29.8 Å². The molecule has 1 aromatic carbocycles. The predicted molar refractivity (Wildman–Crippen MR) is 72.0 cm³/mol. The van der Waals surface area contributed by atoms with E-state index >= 15 is 0 Å². The molecule has 1 N–H and O–H groups in total. The van der Waals surface area contributed by atoms with Crippen LogP contribution in [0.3, 0.4) is 0 Å². The summed E-state index contributed by atoms with van der Waals surface area (Å²) in [5.41, 5.74) is 1.39. The van der Waals surface area contributed by atoms with Crippen LogP contribution in [0.25, 0.3) is 0 Å². The normalized spacial score (nSPS) is 18.1. The fraction of sp³-hybridized carbons (Fsp3) is 0.571. The van der Waals surface area contributed by atoms with E-state index in [1.54, 1.807) is 0 Å². The number of benzene rings is 1. The lowest BCUT2D eigenvalue weighted by molar-refractivity contribution is 0.353. The molecule has 1 aliphatic rings. The van der Waals surface area contributed by atoms with Crippen LogP contribution < -0.4 is 5.32 Å². The zero-order valence-electron chi connectivity index (χ0n) is 10.2. The Morgan fingerprint density at radius 2 is 2.25 bits per heavy atom. The molecule has 1 atom stereocenters. The lowest BCUT2D eigenvalue weighted by atomic mass is 9.87. The molecule has 0 spiro atoms. The van der Waals surface area contributed by atoms with Gasteiger partial charge >= 0.3 is 0 Å². The van der Waals surface area contributed by atoms with E-state index in [2.05, 4.69) is 36.5 Å². The molecule has 1 fully saturated rings. The molecule has 1 nitrogen and oxygen atoms in total. The zero-order chi connectivity index (χ0) is 11.4. The summed E-state index contributed by atoms with van der Waals surface area (Å²) in [6.07, 6.45) is 4.33. The summed E-state index contributed by atoms with van der Waals surface area (Å²) >= 11 is 2.02. The molecule has 0 aromatic heterocycles. The molecule has 0 radical (unpaired) electrons. The molecule has 0 heterocycles. The maximum atomic E-state index is 3.29. The predicted octanol–water partition coefficient (Wildman–Crippen LogP) is 3.86. The highest BCUT2D eigenvalue weighted by Gasteiger charge is 2.17. The lowest BCUT2D eigenvalue weighted by Gasteiger charge is -2.24. The van der Waals surface area contributed by atoms with Gasteiger partial charge in [-0.15, -0.1) is 11.8 Å². The minimum Gasteiger partial charge on any atom is -0.313 e. The van der Waals surface area contributed by atoms with E-state index in [0.717, 1.165) is 5.92 Å². The quantitative estimate of drug-likeness (QED) is 0.778.